The van der Waals surface area contributed by atoms with Crippen molar-refractivity contribution >= 4 is 18.0 Å². The first-order valence-electron chi connectivity index (χ1n) is 11.3. The minimum atomic E-state index is -1.19. The van der Waals surface area contributed by atoms with Gasteiger partial charge in [0.15, 0.2) is 0 Å². The van der Waals surface area contributed by atoms with Crippen LogP contribution >= 0.6 is 0 Å². The van der Waals surface area contributed by atoms with Crippen molar-refractivity contribution in [3.63, 3.8) is 0 Å². The fraction of sp³-hybridized carbons (Fsp3) is 0.346. The summed E-state index contributed by atoms with van der Waals surface area (Å²) >= 11 is 0. The van der Waals surface area contributed by atoms with Crippen LogP contribution in [0.3, 0.4) is 0 Å². The van der Waals surface area contributed by atoms with Gasteiger partial charge in [-0.1, -0.05) is 73.9 Å². The fourth-order valence-corrected chi connectivity index (χ4v) is 4.78. The Balaban J connectivity index is 1.26. The molecule has 0 bridgehead atoms. The Morgan fingerprint density at radius 2 is 1.58 bits per heavy atom. The number of carbonyl (C=O) groups excluding carboxylic acids is 2. The molecule has 0 atom stereocenters. The van der Waals surface area contributed by atoms with Crippen LogP contribution in [0, 0.1) is 0 Å². The van der Waals surface area contributed by atoms with Gasteiger partial charge in [-0.25, -0.2) is 9.59 Å². The summed E-state index contributed by atoms with van der Waals surface area (Å²) in [4.78, 5) is 36.0. The molecule has 172 valence electrons. The highest BCUT2D eigenvalue weighted by atomic mass is 16.5. The highest BCUT2D eigenvalue weighted by molar-refractivity contribution is 5.93. The number of hydrogen-bond acceptors (Lipinski definition) is 4. The van der Waals surface area contributed by atoms with Crippen molar-refractivity contribution in [3.8, 4) is 11.1 Å². The van der Waals surface area contributed by atoms with E-state index in [0.29, 0.717) is 12.8 Å². The Morgan fingerprint density at radius 3 is 2.18 bits per heavy atom. The van der Waals surface area contributed by atoms with Gasteiger partial charge in [0, 0.05) is 18.5 Å². The van der Waals surface area contributed by atoms with Gasteiger partial charge in [0.25, 0.3) is 0 Å². The van der Waals surface area contributed by atoms with Crippen molar-refractivity contribution in [2.45, 2.75) is 43.6 Å². The highest BCUT2D eigenvalue weighted by Crippen LogP contribution is 2.44. The third-order valence-corrected chi connectivity index (χ3v) is 6.46. The lowest BCUT2D eigenvalue weighted by molar-refractivity contribution is -0.148. The minimum Gasteiger partial charge on any atom is -0.480 e. The first kappa shape index (κ1) is 22.6. The van der Waals surface area contributed by atoms with Gasteiger partial charge in [0.2, 0.25) is 5.91 Å². The fourth-order valence-electron chi connectivity index (χ4n) is 4.78. The second-order valence-electron chi connectivity index (χ2n) is 8.55. The molecule has 0 aliphatic heterocycles. The molecule has 33 heavy (non-hydrogen) atoms. The average Bonchev–Trinajstić information content (AvgIpc) is 3.15. The number of rotatable bonds is 7. The maximum absolute atomic E-state index is 12.2. The largest absolute Gasteiger partial charge is 0.480 e. The van der Waals surface area contributed by atoms with Gasteiger partial charge in [0.1, 0.15) is 12.1 Å². The Kier molecular flexibility index (Phi) is 6.77. The van der Waals surface area contributed by atoms with Crippen molar-refractivity contribution in [3.05, 3.63) is 71.8 Å². The Hall–Kier alpha value is -3.61. The predicted octanol–water partition coefficient (Wildman–Crippen LogP) is 3.99. The predicted molar refractivity (Wildman–Crippen MR) is 124 cm³/mol. The van der Waals surface area contributed by atoms with Crippen LogP contribution in [0.15, 0.2) is 60.7 Å². The zero-order valence-corrected chi connectivity index (χ0v) is 18.4. The zero-order valence-electron chi connectivity index (χ0n) is 18.4. The van der Waals surface area contributed by atoms with Gasteiger partial charge in [-0.15, -0.1) is 0 Å². The van der Waals surface area contributed by atoms with Crippen LogP contribution < -0.4 is 10.6 Å². The van der Waals surface area contributed by atoms with E-state index in [0.717, 1.165) is 41.5 Å². The molecule has 4 rings (SSSR count). The summed E-state index contributed by atoms with van der Waals surface area (Å²) in [7, 11) is 0. The van der Waals surface area contributed by atoms with Gasteiger partial charge in [0.05, 0.1) is 0 Å². The van der Waals surface area contributed by atoms with E-state index in [-0.39, 0.29) is 19.1 Å². The van der Waals surface area contributed by atoms with E-state index in [2.05, 4.69) is 34.9 Å². The van der Waals surface area contributed by atoms with Crippen LogP contribution in [0.5, 0.6) is 0 Å². The molecule has 1 saturated carbocycles. The van der Waals surface area contributed by atoms with E-state index >= 15 is 0 Å². The Labute approximate surface area is 192 Å². The molecule has 0 unspecified atom stereocenters. The molecule has 2 aliphatic rings. The van der Waals surface area contributed by atoms with Crippen molar-refractivity contribution in [1.82, 2.24) is 10.6 Å². The monoisotopic (exact) mass is 448 g/mol. The molecule has 0 aromatic heterocycles. The molecule has 1 fully saturated rings. The number of carboxylic acids is 1. The van der Waals surface area contributed by atoms with Crippen molar-refractivity contribution in [2.75, 3.05) is 13.2 Å². The Morgan fingerprint density at radius 1 is 0.970 bits per heavy atom. The summed E-state index contributed by atoms with van der Waals surface area (Å²) in [6, 6.07) is 16.2. The molecule has 0 radical (unpaired) electrons. The van der Waals surface area contributed by atoms with E-state index in [9.17, 15) is 19.5 Å². The summed E-state index contributed by atoms with van der Waals surface area (Å²) < 4.78 is 5.45. The van der Waals surface area contributed by atoms with Crippen LogP contribution in [-0.2, 0) is 14.3 Å². The normalized spacial score (nSPS) is 16.6. The summed E-state index contributed by atoms with van der Waals surface area (Å²) in [5.74, 6) is -1.50. The minimum absolute atomic E-state index is 0.0211. The number of hydrogen-bond donors (Lipinski definition) is 3. The summed E-state index contributed by atoms with van der Waals surface area (Å²) in [6.45, 7) is 0.315. The molecule has 0 saturated heterocycles. The van der Waals surface area contributed by atoms with Gasteiger partial charge in [-0.05, 0) is 35.1 Å². The van der Waals surface area contributed by atoms with Gasteiger partial charge in [-0.3, -0.25) is 4.79 Å². The third kappa shape index (κ3) is 4.92. The number of aliphatic carboxylic acids is 1. The number of benzene rings is 2. The first-order valence-corrected chi connectivity index (χ1v) is 11.3. The second kappa shape index (κ2) is 9.90. The van der Waals surface area contributed by atoms with Crippen molar-refractivity contribution in [2.24, 2.45) is 0 Å². The van der Waals surface area contributed by atoms with Gasteiger partial charge >= 0.3 is 12.1 Å². The molecule has 0 heterocycles. The second-order valence-corrected chi connectivity index (χ2v) is 8.55. The van der Waals surface area contributed by atoms with Crippen molar-refractivity contribution in [1.29, 1.82) is 0 Å². The summed E-state index contributed by atoms with van der Waals surface area (Å²) in [5, 5.41) is 14.8. The topological polar surface area (TPSA) is 105 Å². The number of carboxylic acid groups (broad SMARTS) is 1. The number of fused-ring (bicyclic) bond motifs is 3. The molecular weight excluding hydrogens is 420 g/mol. The number of carbonyl (C=O) groups is 3. The summed E-state index contributed by atoms with van der Waals surface area (Å²) in [6.07, 6.45) is 5.55. The lowest BCUT2D eigenvalue weighted by Gasteiger charge is -2.33. The highest BCUT2D eigenvalue weighted by Gasteiger charge is 2.40. The zero-order chi connectivity index (χ0) is 23.3. The molecule has 2 aromatic rings. The number of alkyl carbamates (subject to hydrolysis) is 1. The van der Waals surface area contributed by atoms with Gasteiger partial charge in [-0.2, -0.15) is 0 Å². The first-order chi connectivity index (χ1) is 16.0. The molecular formula is C26H28N2O5. The quantitative estimate of drug-likeness (QED) is 0.556. The van der Waals surface area contributed by atoms with Crippen molar-refractivity contribution < 1.29 is 24.2 Å². The maximum Gasteiger partial charge on any atom is 0.407 e. The van der Waals surface area contributed by atoms with Crippen LogP contribution in [0.1, 0.15) is 49.1 Å². The lowest BCUT2D eigenvalue weighted by Crippen LogP contribution is -2.55. The molecule has 2 aromatic carbocycles. The van der Waals surface area contributed by atoms with E-state index < -0.39 is 23.5 Å². The summed E-state index contributed by atoms with van der Waals surface area (Å²) in [5.41, 5.74) is 3.40. The molecule has 2 amide bonds. The third-order valence-electron chi connectivity index (χ3n) is 6.46. The molecule has 7 nitrogen and oxygen atoms in total. The number of amides is 2. The van der Waals surface area contributed by atoms with Gasteiger partial charge < -0.3 is 20.5 Å². The van der Waals surface area contributed by atoms with E-state index in [1.165, 1.54) is 12.2 Å². The smallest absolute Gasteiger partial charge is 0.407 e. The SMILES string of the molecule is O=C(/C=C/CNC(=O)OCC1c2ccccc2-c2ccccc21)NC1(C(=O)O)CCCCC1. The number of nitrogens with one attached hydrogen (secondary N) is 2. The molecule has 3 N–H and O–H groups in total. The average molecular weight is 449 g/mol. The molecule has 0 spiro atoms. The van der Waals surface area contributed by atoms with Crippen LogP contribution in [0.2, 0.25) is 0 Å². The lowest BCUT2D eigenvalue weighted by atomic mass is 9.81. The van der Waals surface area contributed by atoms with E-state index in [1.54, 1.807) is 0 Å². The van der Waals surface area contributed by atoms with Crippen LogP contribution in [-0.4, -0.2) is 41.8 Å². The van der Waals surface area contributed by atoms with E-state index in [4.69, 9.17) is 4.74 Å². The van der Waals surface area contributed by atoms with Crippen LogP contribution in [0.4, 0.5) is 4.79 Å². The molecule has 7 heteroatoms. The standard InChI is InChI=1S/C26H28N2O5/c29-23(28-26(24(30)31)14-6-1-7-15-26)13-8-16-27-25(32)33-17-22-20-11-4-2-9-18(20)19-10-3-5-12-21(19)22/h2-5,8-13,22H,1,6-7,14-17H2,(H,27,32)(H,28,29)(H,30,31)/b13-8+. The number of ether oxygens (including phenoxy) is 1. The van der Waals surface area contributed by atoms with Crippen LogP contribution in [0.25, 0.3) is 11.1 Å². The Bertz CT molecular complexity index is 1030. The van der Waals surface area contributed by atoms with E-state index in [1.807, 2.05) is 24.3 Å². The molecule has 2 aliphatic carbocycles. The maximum atomic E-state index is 12.2.